The van der Waals surface area contributed by atoms with Crippen molar-refractivity contribution >= 4 is 51.8 Å². The zero-order chi connectivity index (χ0) is 26.4. The Bertz CT molecular complexity index is 1210. The van der Waals surface area contributed by atoms with Gasteiger partial charge in [-0.15, -0.1) is 11.8 Å². The van der Waals surface area contributed by atoms with Crippen LogP contribution in [-0.4, -0.2) is 58.6 Å². The van der Waals surface area contributed by atoms with Crippen molar-refractivity contribution in [1.82, 2.24) is 9.88 Å². The highest BCUT2D eigenvalue weighted by molar-refractivity contribution is 7.99. The predicted molar refractivity (Wildman–Crippen MR) is 150 cm³/mol. The monoisotopic (exact) mass is 562 g/mol. The molecule has 1 aliphatic heterocycles. The maximum Gasteiger partial charge on any atom is 0.303 e. The van der Waals surface area contributed by atoms with Gasteiger partial charge in [0.25, 0.3) is 0 Å². The number of thioether (sulfide) groups is 1. The van der Waals surface area contributed by atoms with Crippen LogP contribution in [0.4, 0.5) is 0 Å². The Labute approximate surface area is 231 Å². The van der Waals surface area contributed by atoms with Gasteiger partial charge in [0.1, 0.15) is 5.75 Å². The average molecular weight is 564 g/mol. The van der Waals surface area contributed by atoms with Crippen molar-refractivity contribution in [3.05, 3.63) is 64.3 Å². The van der Waals surface area contributed by atoms with E-state index in [1.807, 2.05) is 42.5 Å². The highest BCUT2D eigenvalue weighted by Gasteiger charge is 2.31. The first-order valence-electron chi connectivity index (χ1n) is 12.5. The summed E-state index contributed by atoms with van der Waals surface area (Å²) >= 11 is 14.2. The molecule has 2 N–H and O–H groups in total. The minimum Gasteiger partial charge on any atom is -0.497 e. The lowest BCUT2D eigenvalue weighted by molar-refractivity contribution is -0.139. The van der Waals surface area contributed by atoms with E-state index in [1.165, 1.54) is 0 Å². The number of aromatic nitrogens is 1. The fourth-order valence-electron chi connectivity index (χ4n) is 5.18. The van der Waals surface area contributed by atoms with Crippen molar-refractivity contribution in [3.63, 3.8) is 0 Å². The summed E-state index contributed by atoms with van der Waals surface area (Å²) in [5, 5.41) is 22.8. The summed E-state index contributed by atoms with van der Waals surface area (Å²) in [5.74, 6) is 1.06. The summed E-state index contributed by atoms with van der Waals surface area (Å²) in [7, 11) is 1.62. The average Bonchev–Trinajstić information content (AvgIpc) is 2.88. The minimum atomic E-state index is -0.776. The largest absolute Gasteiger partial charge is 0.497 e. The first-order chi connectivity index (χ1) is 17.9. The standard InChI is InChI=1S/C28H32Cl2N2O4S/c1-36-20-6-7-25-22(16-20)21(9-11-31-25)26(33)8-5-18-10-12-32(17-19(18)15-27(34)35)13-14-37-28-23(29)3-2-4-24(28)30/h2-4,6-7,9,11,16,18-19,26,33H,5,8,10,12-15,17H2,1H3,(H,34,35)/t18-,19+,26+/m1/s1. The van der Waals surface area contributed by atoms with Gasteiger partial charge >= 0.3 is 5.97 Å². The number of fused-ring (bicyclic) bond motifs is 1. The number of aliphatic hydroxyl groups excluding tert-OH is 1. The number of hydrogen-bond acceptors (Lipinski definition) is 6. The number of carboxylic acids is 1. The van der Waals surface area contributed by atoms with Gasteiger partial charge in [-0.2, -0.15) is 0 Å². The lowest BCUT2D eigenvalue weighted by Gasteiger charge is -2.38. The quantitative estimate of drug-likeness (QED) is 0.256. The van der Waals surface area contributed by atoms with Gasteiger partial charge in [0.15, 0.2) is 0 Å². The molecule has 1 saturated heterocycles. The Morgan fingerprint density at radius 1 is 1.22 bits per heavy atom. The second kappa shape index (κ2) is 13.2. The Kier molecular flexibility index (Phi) is 9.96. The van der Waals surface area contributed by atoms with E-state index in [9.17, 15) is 15.0 Å². The molecule has 9 heteroatoms. The number of carbonyl (C=O) groups is 1. The first kappa shape index (κ1) is 28.0. The maximum atomic E-state index is 11.6. The number of benzene rings is 2. The van der Waals surface area contributed by atoms with Gasteiger partial charge < -0.3 is 19.8 Å². The van der Waals surface area contributed by atoms with Crippen LogP contribution in [0.15, 0.2) is 53.6 Å². The van der Waals surface area contributed by atoms with E-state index in [-0.39, 0.29) is 18.3 Å². The van der Waals surface area contributed by atoms with E-state index in [0.717, 1.165) is 65.3 Å². The van der Waals surface area contributed by atoms with Crippen LogP contribution in [-0.2, 0) is 4.79 Å². The zero-order valence-electron chi connectivity index (χ0n) is 20.8. The van der Waals surface area contributed by atoms with Crippen LogP contribution in [0.2, 0.25) is 10.0 Å². The van der Waals surface area contributed by atoms with Crippen molar-refractivity contribution < 1.29 is 19.7 Å². The molecule has 0 unspecified atom stereocenters. The Balaban J connectivity index is 1.35. The van der Waals surface area contributed by atoms with E-state index in [4.69, 9.17) is 27.9 Å². The molecule has 4 rings (SSSR count). The molecule has 198 valence electrons. The minimum absolute atomic E-state index is 0.0432. The number of hydrogen-bond donors (Lipinski definition) is 2. The number of methoxy groups -OCH3 is 1. The van der Waals surface area contributed by atoms with E-state index in [0.29, 0.717) is 16.5 Å². The van der Waals surface area contributed by atoms with E-state index in [1.54, 1.807) is 25.1 Å². The number of aliphatic carboxylic acids is 1. The molecule has 0 aliphatic carbocycles. The molecule has 3 aromatic rings. The van der Waals surface area contributed by atoms with Gasteiger partial charge in [0, 0.05) is 41.7 Å². The summed E-state index contributed by atoms with van der Waals surface area (Å²) in [6, 6.07) is 13.0. The third-order valence-corrected chi connectivity index (χ3v) is 9.11. The number of aliphatic hydroxyl groups is 1. The second-order valence-electron chi connectivity index (χ2n) is 9.48. The molecule has 0 saturated carbocycles. The molecule has 1 aromatic heterocycles. The van der Waals surface area contributed by atoms with Crippen molar-refractivity contribution in [2.75, 3.05) is 32.5 Å². The van der Waals surface area contributed by atoms with Gasteiger partial charge in [-0.25, -0.2) is 0 Å². The molecule has 0 bridgehead atoms. The number of carboxylic acid groups (broad SMARTS) is 1. The molecule has 1 aliphatic rings. The van der Waals surface area contributed by atoms with Crippen molar-refractivity contribution in [1.29, 1.82) is 0 Å². The van der Waals surface area contributed by atoms with Crippen molar-refractivity contribution in [2.45, 2.75) is 36.7 Å². The van der Waals surface area contributed by atoms with Gasteiger partial charge in [-0.05, 0) is 79.6 Å². The lowest BCUT2D eigenvalue weighted by atomic mass is 9.79. The van der Waals surface area contributed by atoms with Crippen LogP contribution < -0.4 is 4.74 Å². The summed E-state index contributed by atoms with van der Waals surface area (Å²) in [4.78, 5) is 19.3. The number of likely N-dealkylation sites (tertiary alicyclic amines) is 1. The van der Waals surface area contributed by atoms with E-state index in [2.05, 4.69) is 9.88 Å². The first-order valence-corrected chi connectivity index (χ1v) is 14.2. The summed E-state index contributed by atoms with van der Waals surface area (Å²) < 4.78 is 5.35. The highest BCUT2D eigenvalue weighted by Crippen LogP contribution is 2.36. The van der Waals surface area contributed by atoms with E-state index >= 15 is 0 Å². The number of rotatable bonds is 11. The summed E-state index contributed by atoms with van der Waals surface area (Å²) in [6.45, 7) is 2.48. The molecule has 3 atom stereocenters. The van der Waals surface area contributed by atoms with Crippen molar-refractivity contribution in [2.24, 2.45) is 11.8 Å². The van der Waals surface area contributed by atoms with Crippen LogP contribution in [0.25, 0.3) is 10.9 Å². The van der Waals surface area contributed by atoms with Crippen molar-refractivity contribution in [3.8, 4) is 5.75 Å². The van der Waals surface area contributed by atoms with Crippen LogP contribution in [0, 0.1) is 11.8 Å². The number of piperidine rings is 1. The highest BCUT2D eigenvalue weighted by atomic mass is 35.5. The predicted octanol–water partition coefficient (Wildman–Crippen LogP) is 6.57. The fourth-order valence-corrected chi connectivity index (χ4v) is 6.87. The van der Waals surface area contributed by atoms with Gasteiger partial charge in [0.05, 0.1) is 28.8 Å². The smallest absolute Gasteiger partial charge is 0.303 e. The zero-order valence-corrected chi connectivity index (χ0v) is 23.1. The van der Waals surface area contributed by atoms with Crippen LogP contribution >= 0.6 is 35.0 Å². The normalized spacial score (nSPS) is 19.1. The van der Waals surface area contributed by atoms with Crippen LogP contribution in [0.5, 0.6) is 5.75 Å². The second-order valence-corrected chi connectivity index (χ2v) is 11.4. The third kappa shape index (κ3) is 7.30. The van der Waals surface area contributed by atoms with E-state index < -0.39 is 12.1 Å². The summed E-state index contributed by atoms with van der Waals surface area (Å²) in [5.41, 5.74) is 1.64. The number of halogens is 2. The number of nitrogens with zero attached hydrogens (tertiary/aromatic N) is 2. The van der Waals surface area contributed by atoms with Gasteiger partial charge in [-0.1, -0.05) is 29.3 Å². The molecule has 0 radical (unpaired) electrons. The Morgan fingerprint density at radius 3 is 2.73 bits per heavy atom. The summed E-state index contributed by atoms with van der Waals surface area (Å²) in [6.07, 6.45) is 3.44. The van der Waals surface area contributed by atoms with Gasteiger partial charge in [-0.3, -0.25) is 9.78 Å². The fraction of sp³-hybridized carbons (Fsp3) is 0.429. The molecule has 6 nitrogen and oxygen atoms in total. The lowest BCUT2D eigenvalue weighted by Crippen LogP contribution is -2.42. The SMILES string of the molecule is COc1ccc2nccc([C@@H](O)CC[C@@H]3CCN(CCSc4c(Cl)cccc4Cl)C[C@@H]3CC(=O)O)c2c1. The molecular weight excluding hydrogens is 531 g/mol. The molecule has 1 fully saturated rings. The molecule has 2 heterocycles. The Hall–Kier alpha value is -2.03. The molecular formula is C28H32Cl2N2O4S. The molecule has 0 amide bonds. The number of pyridine rings is 1. The van der Waals surface area contributed by atoms with Gasteiger partial charge in [0.2, 0.25) is 0 Å². The van der Waals surface area contributed by atoms with Crippen LogP contribution in [0.3, 0.4) is 0 Å². The Morgan fingerprint density at radius 2 is 2.00 bits per heavy atom. The maximum absolute atomic E-state index is 11.6. The molecule has 0 spiro atoms. The topological polar surface area (TPSA) is 82.9 Å². The molecule has 37 heavy (non-hydrogen) atoms. The third-order valence-electron chi connectivity index (χ3n) is 7.14. The number of ether oxygens (including phenoxy) is 1. The van der Waals surface area contributed by atoms with Crippen LogP contribution in [0.1, 0.15) is 37.4 Å². The molecule has 2 aromatic carbocycles.